The normalized spacial score (nSPS) is 15.1. The lowest BCUT2D eigenvalue weighted by molar-refractivity contribution is 0.343. The number of anilines is 2. The lowest BCUT2D eigenvalue weighted by atomic mass is 10.1. The maximum atomic E-state index is 13.7. The number of benzene rings is 2. The number of fused-ring (bicyclic) bond motifs is 1. The average molecular weight is 357 g/mol. The Labute approximate surface area is 149 Å². The third-order valence-corrected chi connectivity index (χ3v) is 5.23. The number of nitrogens with zero attached hydrogens (tertiary/aromatic N) is 3. The van der Waals surface area contributed by atoms with E-state index in [4.69, 9.17) is 0 Å². The van der Waals surface area contributed by atoms with Gasteiger partial charge in [-0.15, -0.1) is 11.3 Å². The first-order chi connectivity index (χ1) is 12.1. The predicted molar refractivity (Wildman–Crippen MR) is 97.2 cm³/mol. The van der Waals surface area contributed by atoms with E-state index in [1.54, 1.807) is 23.6 Å². The van der Waals surface area contributed by atoms with E-state index in [1.807, 2.05) is 22.4 Å². The van der Waals surface area contributed by atoms with Crippen LogP contribution in [0.4, 0.5) is 20.2 Å². The Morgan fingerprint density at radius 2 is 1.92 bits per heavy atom. The minimum atomic E-state index is -0.824. The van der Waals surface area contributed by atoms with Crippen molar-refractivity contribution in [3.05, 3.63) is 65.2 Å². The first-order valence-electron chi connectivity index (χ1n) is 8.06. The molecule has 0 spiro atoms. The first-order valence-corrected chi connectivity index (χ1v) is 8.94. The molecule has 0 unspecified atom stereocenters. The second-order valence-electron chi connectivity index (χ2n) is 6.17. The van der Waals surface area contributed by atoms with Crippen LogP contribution < -0.4 is 4.90 Å². The van der Waals surface area contributed by atoms with E-state index in [1.165, 1.54) is 12.1 Å². The molecule has 0 N–H and O–H groups in total. The molecule has 6 heteroatoms. The SMILES string of the molecule is CN1CCN(c2ccc(F)c(F)c2)c2ccc(-c3nccs3)cc2C1. The summed E-state index contributed by atoms with van der Waals surface area (Å²) in [5.74, 6) is -1.65. The Hall–Kier alpha value is -2.31. The molecule has 128 valence electrons. The summed E-state index contributed by atoms with van der Waals surface area (Å²) in [6, 6.07) is 10.3. The first kappa shape index (κ1) is 16.2. The fourth-order valence-electron chi connectivity index (χ4n) is 3.16. The van der Waals surface area contributed by atoms with E-state index in [2.05, 4.69) is 23.0 Å². The molecule has 2 aromatic carbocycles. The molecule has 0 aliphatic carbocycles. The summed E-state index contributed by atoms with van der Waals surface area (Å²) in [5, 5.41) is 2.94. The van der Waals surface area contributed by atoms with Gasteiger partial charge in [-0.1, -0.05) is 0 Å². The Morgan fingerprint density at radius 1 is 1.04 bits per heavy atom. The van der Waals surface area contributed by atoms with Crippen molar-refractivity contribution in [2.75, 3.05) is 25.0 Å². The van der Waals surface area contributed by atoms with Gasteiger partial charge >= 0.3 is 0 Å². The maximum absolute atomic E-state index is 13.7. The molecule has 4 rings (SSSR count). The Morgan fingerprint density at radius 3 is 2.68 bits per heavy atom. The lowest BCUT2D eigenvalue weighted by Crippen LogP contribution is -2.26. The van der Waals surface area contributed by atoms with E-state index in [-0.39, 0.29) is 0 Å². The van der Waals surface area contributed by atoms with Crippen molar-refractivity contribution in [3.63, 3.8) is 0 Å². The lowest BCUT2D eigenvalue weighted by Gasteiger charge is -2.25. The summed E-state index contributed by atoms with van der Waals surface area (Å²) in [5.41, 5.74) is 3.92. The summed E-state index contributed by atoms with van der Waals surface area (Å²) in [4.78, 5) is 8.65. The third-order valence-electron chi connectivity index (χ3n) is 4.41. The van der Waals surface area contributed by atoms with Crippen molar-refractivity contribution < 1.29 is 8.78 Å². The highest BCUT2D eigenvalue weighted by Gasteiger charge is 2.21. The highest BCUT2D eigenvalue weighted by atomic mass is 32.1. The van der Waals surface area contributed by atoms with Crippen LogP contribution >= 0.6 is 11.3 Å². The zero-order chi connectivity index (χ0) is 17.4. The summed E-state index contributed by atoms with van der Waals surface area (Å²) in [7, 11) is 2.06. The van der Waals surface area contributed by atoms with Crippen LogP contribution in [0.25, 0.3) is 10.6 Å². The van der Waals surface area contributed by atoms with Crippen LogP contribution in [0, 0.1) is 11.6 Å². The van der Waals surface area contributed by atoms with Gasteiger partial charge in [0, 0.05) is 54.2 Å². The summed E-state index contributed by atoms with van der Waals surface area (Å²) >= 11 is 1.60. The van der Waals surface area contributed by atoms with Crippen LogP contribution in [0.15, 0.2) is 48.0 Å². The van der Waals surface area contributed by atoms with Gasteiger partial charge in [-0.2, -0.15) is 0 Å². The molecule has 0 fully saturated rings. The molecule has 0 saturated carbocycles. The van der Waals surface area contributed by atoms with Crippen LogP contribution in [-0.2, 0) is 6.54 Å². The molecular weight excluding hydrogens is 340 g/mol. The van der Waals surface area contributed by atoms with Crippen LogP contribution in [-0.4, -0.2) is 30.0 Å². The highest BCUT2D eigenvalue weighted by molar-refractivity contribution is 7.13. The second-order valence-corrected chi connectivity index (χ2v) is 7.06. The van der Waals surface area contributed by atoms with Crippen molar-refractivity contribution in [3.8, 4) is 10.6 Å². The van der Waals surface area contributed by atoms with Crippen molar-refractivity contribution in [2.45, 2.75) is 6.54 Å². The zero-order valence-electron chi connectivity index (χ0n) is 13.7. The fourth-order valence-corrected chi connectivity index (χ4v) is 3.79. The largest absolute Gasteiger partial charge is 0.340 e. The molecule has 3 aromatic rings. The van der Waals surface area contributed by atoms with E-state index in [9.17, 15) is 8.78 Å². The van der Waals surface area contributed by atoms with Gasteiger partial charge < -0.3 is 9.80 Å². The average Bonchev–Trinajstić information content (AvgIpc) is 3.08. The topological polar surface area (TPSA) is 19.4 Å². The Bertz CT molecular complexity index is 896. The molecule has 0 saturated heterocycles. The number of hydrogen-bond donors (Lipinski definition) is 0. The molecule has 3 nitrogen and oxygen atoms in total. The molecule has 2 heterocycles. The van der Waals surface area contributed by atoms with Gasteiger partial charge in [0.2, 0.25) is 0 Å². The molecule has 0 bridgehead atoms. The summed E-state index contributed by atoms with van der Waals surface area (Å²) < 4.78 is 27.0. The quantitative estimate of drug-likeness (QED) is 0.664. The fraction of sp³-hybridized carbons (Fsp3) is 0.211. The van der Waals surface area contributed by atoms with Crippen molar-refractivity contribution in [2.24, 2.45) is 0 Å². The summed E-state index contributed by atoms with van der Waals surface area (Å²) in [6.07, 6.45) is 1.80. The third kappa shape index (κ3) is 3.15. The smallest absolute Gasteiger partial charge is 0.160 e. The zero-order valence-corrected chi connectivity index (χ0v) is 14.6. The van der Waals surface area contributed by atoms with Crippen LogP contribution in [0.3, 0.4) is 0 Å². The van der Waals surface area contributed by atoms with Gasteiger partial charge in [0.05, 0.1) is 0 Å². The molecule has 1 aromatic heterocycles. The molecule has 0 amide bonds. The highest BCUT2D eigenvalue weighted by Crippen LogP contribution is 2.35. The van der Waals surface area contributed by atoms with Gasteiger partial charge in [-0.05, 0) is 42.9 Å². The van der Waals surface area contributed by atoms with Crippen molar-refractivity contribution >= 4 is 22.7 Å². The number of thiazole rings is 1. The monoisotopic (exact) mass is 357 g/mol. The van der Waals surface area contributed by atoms with Crippen molar-refractivity contribution in [1.82, 2.24) is 9.88 Å². The number of halogens is 2. The molecule has 25 heavy (non-hydrogen) atoms. The number of rotatable bonds is 2. The van der Waals surface area contributed by atoms with Gasteiger partial charge in [0.25, 0.3) is 0 Å². The van der Waals surface area contributed by atoms with Crippen LogP contribution in [0.2, 0.25) is 0 Å². The number of hydrogen-bond acceptors (Lipinski definition) is 4. The molecular formula is C19H17F2N3S. The molecule has 1 aliphatic rings. The van der Waals surface area contributed by atoms with Gasteiger partial charge in [0.1, 0.15) is 5.01 Å². The summed E-state index contributed by atoms with van der Waals surface area (Å²) in [6.45, 7) is 2.35. The predicted octanol–water partition coefficient (Wildman–Crippen LogP) is 4.67. The van der Waals surface area contributed by atoms with E-state index in [0.29, 0.717) is 12.2 Å². The van der Waals surface area contributed by atoms with Crippen molar-refractivity contribution in [1.29, 1.82) is 0 Å². The number of aromatic nitrogens is 1. The maximum Gasteiger partial charge on any atom is 0.160 e. The van der Waals surface area contributed by atoms with E-state index >= 15 is 0 Å². The van der Waals surface area contributed by atoms with E-state index in [0.717, 1.165) is 34.9 Å². The standard InChI is InChI=1S/C19H17F2N3S/c1-23-7-8-24(15-3-4-16(20)17(21)11-15)18-5-2-13(10-14(18)12-23)19-22-6-9-25-19/h2-6,9-11H,7-8,12H2,1H3. The van der Waals surface area contributed by atoms with Crippen LogP contribution in [0.5, 0.6) is 0 Å². The van der Waals surface area contributed by atoms with Gasteiger partial charge in [-0.25, -0.2) is 13.8 Å². The minimum Gasteiger partial charge on any atom is -0.340 e. The van der Waals surface area contributed by atoms with Crippen LogP contribution in [0.1, 0.15) is 5.56 Å². The molecule has 0 radical (unpaired) electrons. The Balaban J connectivity index is 1.79. The van der Waals surface area contributed by atoms with Gasteiger partial charge in [0.15, 0.2) is 11.6 Å². The van der Waals surface area contributed by atoms with Gasteiger partial charge in [-0.3, -0.25) is 0 Å². The van der Waals surface area contributed by atoms with E-state index < -0.39 is 11.6 Å². The molecule has 1 aliphatic heterocycles. The molecule has 0 atom stereocenters. The number of likely N-dealkylation sites (N-methyl/N-ethyl adjacent to an activating group) is 1. The second kappa shape index (κ2) is 6.54. The Kier molecular flexibility index (Phi) is 4.23. The minimum absolute atomic E-state index is 0.664.